The van der Waals surface area contributed by atoms with Gasteiger partial charge in [-0.3, -0.25) is 0 Å². The van der Waals surface area contributed by atoms with Gasteiger partial charge >= 0.3 is 0 Å². The molecule has 4 heteroatoms. The molecule has 0 aliphatic heterocycles. The number of hydrogen-bond donors (Lipinski definition) is 0. The predicted octanol–water partition coefficient (Wildman–Crippen LogP) is 7.07. The molecule has 0 aliphatic rings. The Balaban J connectivity index is 1.84. The Kier molecular flexibility index (Phi) is 6.94. The van der Waals surface area contributed by atoms with Crippen molar-refractivity contribution in [3.63, 3.8) is 0 Å². The van der Waals surface area contributed by atoms with Gasteiger partial charge in [-0.05, 0) is 48.2 Å². The molecule has 0 saturated heterocycles. The molecule has 0 N–H and O–H groups in total. The molecule has 29 heavy (non-hydrogen) atoms. The highest BCUT2D eigenvalue weighted by Crippen LogP contribution is 2.31. The quantitative estimate of drug-likeness (QED) is 0.372. The molecule has 3 nitrogen and oxygen atoms in total. The molecule has 1 aromatic heterocycles. The van der Waals surface area contributed by atoms with E-state index in [1.54, 1.807) is 7.11 Å². The third-order valence-corrected chi connectivity index (χ3v) is 6.30. The Labute approximate surface area is 179 Å². The fourth-order valence-corrected chi connectivity index (χ4v) is 4.63. The van der Waals surface area contributed by atoms with Crippen LogP contribution in [0, 0.1) is 5.92 Å². The Morgan fingerprint density at radius 1 is 1.10 bits per heavy atom. The van der Waals surface area contributed by atoms with E-state index in [1.165, 1.54) is 34.6 Å². The smallest absolute Gasteiger partial charge is 0.118 e. The zero-order chi connectivity index (χ0) is 21.0. The second kappa shape index (κ2) is 9.25. The first-order valence-electron chi connectivity index (χ1n) is 10.6. The molecule has 0 bridgehead atoms. The Morgan fingerprint density at radius 2 is 1.83 bits per heavy atom. The molecule has 0 saturated carbocycles. The number of hydrogen-bond acceptors (Lipinski definition) is 3. The molecule has 3 rings (SSSR count). The van der Waals surface area contributed by atoms with Gasteiger partial charge in [0.15, 0.2) is 0 Å². The second-order valence-corrected chi connectivity index (χ2v) is 10.0. The standard InChI is InChI=1S/C25H34N2OS/c1-7-8-18(2)16-27-23-14-13-21(15-22(23)26-24(27)25(3,4)5)29-17-19-9-11-20(28-6)12-10-19/h9-15,18H,7-8,16-17H2,1-6H3. The summed E-state index contributed by atoms with van der Waals surface area (Å²) in [5.74, 6) is 3.68. The first kappa shape index (κ1) is 21.8. The minimum absolute atomic E-state index is 0.0291. The number of aromatic nitrogens is 2. The van der Waals surface area contributed by atoms with Crippen LogP contribution in [0.25, 0.3) is 11.0 Å². The normalized spacial score (nSPS) is 13.0. The molecule has 2 aromatic carbocycles. The van der Waals surface area contributed by atoms with E-state index in [0.717, 1.165) is 23.6 Å². The van der Waals surface area contributed by atoms with Crippen LogP contribution >= 0.6 is 11.8 Å². The molecule has 3 aromatic rings. The number of rotatable bonds is 8. The number of nitrogens with zero attached hydrogens (tertiary/aromatic N) is 2. The number of benzene rings is 2. The molecular weight excluding hydrogens is 376 g/mol. The number of methoxy groups -OCH3 is 1. The highest BCUT2D eigenvalue weighted by molar-refractivity contribution is 7.98. The van der Waals surface area contributed by atoms with Gasteiger partial charge in [0, 0.05) is 22.6 Å². The van der Waals surface area contributed by atoms with Crippen molar-refractivity contribution in [1.82, 2.24) is 9.55 Å². The van der Waals surface area contributed by atoms with Gasteiger partial charge in [-0.2, -0.15) is 0 Å². The lowest BCUT2D eigenvalue weighted by Crippen LogP contribution is -2.21. The SMILES string of the molecule is CCCC(C)Cn1c(C(C)(C)C)nc2cc(SCc3ccc(OC)cc3)ccc21. The first-order chi connectivity index (χ1) is 13.8. The van der Waals surface area contributed by atoms with Gasteiger partial charge < -0.3 is 9.30 Å². The largest absolute Gasteiger partial charge is 0.497 e. The van der Waals surface area contributed by atoms with E-state index in [4.69, 9.17) is 9.72 Å². The summed E-state index contributed by atoms with van der Waals surface area (Å²) >= 11 is 1.86. The average Bonchev–Trinajstić information content (AvgIpc) is 3.05. The van der Waals surface area contributed by atoms with Gasteiger partial charge in [0.1, 0.15) is 11.6 Å². The van der Waals surface area contributed by atoms with Crippen LogP contribution < -0.4 is 4.74 Å². The molecule has 0 radical (unpaired) electrons. The van der Waals surface area contributed by atoms with Crippen LogP contribution in [-0.2, 0) is 17.7 Å². The van der Waals surface area contributed by atoms with Gasteiger partial charge in [-0.1, -0.05) is 53.2 Å². The zero-order valence-corrected chi connectivity index (χ0v) is 19.5. The highest BCUT2D eigenvalue weighted by Gasteiger charge is 2.23. The van der Waals surface area contributed by atoms with Crippen molar-refractivity contribution >= 4 is 22.8 Å². The third kappa shape index (κ3) is 5.36. The lowest BCUT2D eigenvalue weighted by molar-refractivity contribution is 0.414. The maximum absolute atomic E-state index is 5.25. The summed E-state index contributed by atoms with van der Waals surface area (Å²) in [6.07, 6.45) is 2.48. The van der Waals surface area contributed by atoms with Crippen LogP contribution in [0.2, 0.25) is 0 Å². The Hall–Kier alpha value is -1.94. The van der Waals surface area contributed by atoms with Crippen molar-refractivity contribution in [3.8, 4) is 5.75 Å². The summed E-state index contributed by atoms with van der Waals surface area (Å²) in [5.41, 5.74) is 3.69. The molecule has 1 unspecified atom stereocenters. The van der Waals surface area contributed by atoms with Crippen molar-refractivity contribution in [2.24, 2.45) is 5.92 Å². The lowest BCUT2D eigenvalue weighted by Gasteiger charge is -2.22. The van der Waals surface area contributed by atoms with Gasteiger partial charge in [-0.25, -0.2) is 4.98 Å². The lowest BCUT2D eigenvalue weighted by atomic mass is 9.95. The number of fused-ring (bicyclic) bond motifs is 1. The molecular formula is C25H34N2OS. The fraction of sp³-hybridized carbons (Fsp3) is 0.480. The number of ether oxygens (including phenoxy) is 1. The van der Waals surface area contributed by atoms with Crippen molar-refractivity contribution in [2.75, 3.05) is 7.11 Å². The summed E-state index contributed by atoms with van der Waals surface area (Å²) in [5, 5.41) is 0. The number of imidazole rings is 1. The van der Waals surface area contributed by atoms with E-state index in [-0.39, 0.29) is 5.41 Å². The van der Waals surface area contributed by atoms with Crippen LogP contribution in [-0.4, -0.2) is 16.7 Å². The van der Waals surface area contributed by atoms with Crippen molar-refractivity contribution in [3.05, 3.63) is 53.9 Å². The minimum atomic E-state index is 0.0291. The van der Waals surface area contributed by atoms with E-state index < -0.39 is 0 Å². The average molecular weight is 411 g/mol. The summed E-state index contributed by atoms with van der Waals surface area (Å²) in [7, 11) is 1.70. The molecule has 156 valence electrons. The van der Waals surface area contributed by atoms with Crippen LogP contribution in [0.3, 0.4) is 0 Å². The van der Waals surface area contributed by atoms with Crippen LogP contribution in [0.4, 0.5) is 0 Å². The molecule has 0 fully saturated rings. The molecule has 0 spiro atoms. The molecule has 0 amide bonds. The van der Waals surface area contributed by atoms with E-state index in [1.807, 2.05) is 23.9 Å². The maximum Gasteiger partial charge on any atom is 0.118 e. The highest BCUT2D eigenvalue weighted by atomic mass is 32.2. The van der Waals surface area contributed by atoms with Crippen molar-refractivity contribution in [1.29, 1.82) is 0 Å². The Bertz CT molecular complexity index is 938. The second-order valence-electron chi connectivity index (χ2n) is 8.98. The first-order valence-corrected chi connectivity index (χ1v) is 11.6. The van der Waals surface area contributed by atoms with Gasteiger partial charge in [0.2, 0.25) is 0 Å². The molecule has 1 atom stereocenters. The predicted molar refractivity (Wildman–Crippen MR) is 125 cm³/mol. The molecule has 1 heterocycles. The maximum atomic E-state index is 5.25. The van der Waals surface area contributed by atoms with Crippen molar-refractivity contribution < 1.29 is 4.74 Å². The summed E-state index contributed by atoms with van der Waals surface area (Å²) < 4.78 is 7.70. The molecule has 0 aliphatic carbocycles. The van der Waals surface area contributed by atoms with Crippen LogP contribution in [0.1, 0.15) is 58.8 Å². The number of thioether (sulfide) groups is 1. The Morgan fingerprint density at radius 3 is 2.45 bits per heavy atom. The monoisotopic (exact) mass is 410 g/mol. The van der Waals surface area contributed by atoms with Gasteiger partial charge in [-0.15, -0.1) is 11.8 Å². The van der Waals surface area contributed by atoms with Crippen molar-refractivity contribution in [2.45, 2.75) is 70.1 Å². The summed E-state index contributed by atoms with van der Waals surface area (Å²) in [6.45, 7) is 12.4. The third-order valence-electron chi connectivity index (χ3n) is 5.23. The summed E-state index contributed by atoms with van der Waals surface area (Å²) in [4.78, 5) is 6.33. The van der Waals surface area contributed by atoms with E-state index in [2.05, 4.69) is 69.5 Å². The van der Waals surface area contributed by atoms with Crippen LogP contribution in [0.15, 0.2) is 47.4 Å². The van der Waals surface area contributed by atoms with Crippen LogP contribution in [0.5, 0.6) is 5.75 Å². The minimum Gasteiger partial charge on any atom is -0.497 e. The topological polar surface area (TPSA) is 27.1 Å². The zero-order valence-electron chi connectivity index (χ0n) is 18.7. The van der Waals surface area contributed by atoms with E-state index in [0.29, 0.717) is 5.92 Å². The van der Waals surface area contributed by atoms with E-state index >= 15 is 0 Å². The van der Waals surface area contributed by atoms with Gasteiger partial charge in [0.25, 0.3) is 0 Å². The fourth-order valence-electron chi connectivity index (χ4n) is 3.74. The van der Waals surface area contributed by atoms with Gasteiger partial charge in [0.05, 0.1) is 18.1 Å². The van der Waals surface area contributed by atoms with E-state index in [9.17, 15) is 0 Å². The summed E-state index contributed by atoms with van der Waals surface area (Å²) in [6, 6.07) is 15.1.